The summed E-state index contributed by atoms with van der Waals surface area (Å²) >= 11 is 0. The Balaban J connectivity index is 1.69. The van der Waals surface area contributed by atoms with Gasteiger partial charge in [0, 0.05) is 32.2 Å². The lowest BCUT2D eigenvalue weighted by Crippen LogP contribution is -2.53. The molecule has 19 heavy (non-hydrogen) atoms. The molecule has 1 heterocycles. The maximum Gasteiger partial charge on any atom is 0.115 e. The van der Waals surface area contributed by atoms with E-state index in [9.17, 15) is 5.11 Å². The fraction of sp³-hybridized carbons (Fsp3) is 0.600. The molecule has 1 atom stereocenters. The van der Waals surface area contributed by atoms with Gasteiger partial charge in [-0.05, 0) is 44.5 Å². The summed E-state index contributed by atoms with van der Waals surface area (Å²) in [6.45, 7) is 6.70. The standard InChI is InChI=1S/C15H25N3O/c1-13(16-18-11-9-17(2)10-12-18)3-4-14-5-7-15(19)8-6-14/h5-8,13,16,19H,3-4,9-12H2,1-2H3/t13-/m0/s1. The fourth-order valence-corrected chi connectivity index (χ4v) is 2.36. The first-order chi connectivity index (χ1) is 9.13. The Bertz CT molecular complexity index is 371. The topological polar surface area (TPSA) is 38.7 Å². The molecule has 0 aliphatic carbocycles. The van der Waals surface area contributed by atoms with Gasteiger partial charge >= 0.3 is 0 Å². The normalized spacial score (nSPS) is 19.5. The Hall–Kier alpha value is -1.10. The monoisotopic (exact) mass is 263 g/mol. The van der Waals surface area contributed by atoms with E-state index in [0.717, 1.165) is 39.0 Å². The number of benzene rings is 1. The summed E-state index contributed by atoms with van der Waals surface area (Å²) in [7, 11) is 2.17. The SMILES string of the molecule is C[C@@H](CCc1ccc(O)cc1)NN1CCN(C)CC1. The third-order valence-corrected chi connectivity index (χ3v) is 3.71. The zero-order valence-electron chi connectivity index (χ0n) is 12.0. The van der Waals surface area contributed by atoms with Crippen molar-refractivity contribution in [1.82, 2.24) is 15.3 Å². The number of rotatable bonds is 5. The molecule has 1 fully saturated rings. The molecule has 0 bridgehead atoms. The lowest BCUT2D eigenvalue weighted by Gasteiger charge is -2.34. The van der Waals surface area contributed by atoms with Crippen LogP contribution in [-0.2, 0) is 6.42 Å². The highest BCUT2D eigenvalue weighted by atomic mass is 16.3. The van der Waals surface area contributed by atoms with Gasteiger partial charge in [0.25, 0.3) is 0 Å². The third-order valence-electron chi connectivity index (χ3n) is 3.71. The van der Waals surface area contributed by atoms with Crippen LogP contribution in [0.25, 0.3) is 0 Å². The van der Waals surface area contributed by atoms with E-state index in [2.05, 4.69) is 29.3 Å². The molecule has 2 rings (SSSR count). The zero-order valence-corrected chi connectivity index (χ0v) is 12.0. The van der Waals surface area contributed by atoms with Crippen LogP contribution in [0.3, 0.4) is 0 Å². The molecule has 4 nitrogen and oxygen atoms in total. The highest BCUT2D eigenvalue weighted by Crippen LogP contribution is 2.12. The number of aromatic hydroxyl groups is 1. The fourth-order valence-electron chi connectivity index (χ4n) is 2.36. The van der Waals surface area contributed by atoms with Gasteiger partial charge in [-0.2, -0.15) is 0 Å². The number of nitrogens with zero attached hydrogens (tertiary/aromatic N) is 2. The maximum atomic E-state index is 9.25. The van der Waals surface area contributed by atoms with E-state index in [0.29, 0.717) is 11.8 Å². The van der Waals surface area contributed by atoms with Crippen LogP contribution < -0.4 is 5.43 Å². The summed E-state index contributed by atoms with van der Waals surface area (Å²) in [4.78, 5) is 2.36. The van der Waals surface area contributed by atoms with Gasteiger partial charge < -0.3 is 10.0 Å². The molecule has 106 valence electrons. The minimum Gasteiger partial charge on any atom is -0.508 e. The van der Waals surface area contributed by atoms with Crippen LogP contribution in [0.15, 0.2) is 24.3 Å². The molecule has 0 amide bonds. The molecule has 0 unspecified atom stereocenters. The average molecular weight is 263 g/mol. The second-order valence-corrected chi connectivity index (χ2v) is 5.53. The van der Waals surface area contributed by atoms with E-state index in [1.54, 1.807) is 12.1 Å². The molecule has 2 N–H and O–H groups in total. The van der Waals surface area contributed by atoms with Crippen LogP contribution in [0.2, 0.25) is 0 Å². The number of likely N-dealkylation sites (N-methyl/N-ethyl adjacent to an activating group) is 1. The highest BCUT2D eigenvalue weighted by molar-refractivity contribution is 5.25. The van der Waals surface area contributed by atoms with E-state index in [-0.39, 0.29) is 0 Å². The van der Waals surface area contributed by atoms with Crippen molar-refractivity contribution in [3.05, 3.63) is 29.8 Å². The Morgan fingerprint density at radius 1 is 1.16 bits per heavy atom. The Morgan fingerprint density at radius 2 is 1.79 bits per heavy atom. The number of phenolic OH excluding ortho intramolecular Hbond substituents is 1. The molecule has 1 aromatic rings. The van der Waals surface area contributed by atoms with E-state index >= 15 is 0 Å². The predicted octanol–water partition coefficient (Wildman–Crippen LogP) is 1.47. The number of piperazine rings is 1. The molecule has 1 saturated heterocycles. The number of aryl methyl sites for hydroxylation is 1. The summed E-state index contributed by atoms with van der Waals surface area (Å²) in [5, 5.41) is 11.6. The Kier molecular flexibility index (Phi) is 5.19. The lowest BCUT2D eigenvalue weighted by atomic mass is 10.1. The molecule has 0 saturated carbocycles. The quantitative estimate of drug-likeness (QED) is 0.844. The Labute approximate surface area is 116 Å². The molecule has 1 aromatic carbocycles. The van der Waals surface area contributed by atoms with Crippen LogP contribution in [-0.4, -0.2) is 54.3 Å². The van der Waals surface area contributed by atoms with Crippen molar-refractivity contribution in [1.29, 1.82) is 0 Å². The highest BCUT2D eigenvalue weighted by Gasteiger charge is 2.15. The second kappa shape index (κ2) is 6.89. The van der Waals surface area contributed by atoms with Crippen molar-refractivity contribution in [2.45, 2.75) is 25.8 Å². The van der Waals surface area contributed by atoms with E-state index in [1.807, 2.05) is 12.1 Å². The summed E-state index contributed by atoms with van der Waals surface area (Å²) in [5.41, 5.74) is 4.86. The van der Waals surface area contributed by atoms with Crippen molar-refractivity contribution in [2.24, 2.45) is 0 Å². The summed E-state index contributed by atoms with van der Waals surface area (Å²) in [6, 6.07) is 8.00. The van der Waals surface area contributed by atoms with Crippen LogP contribution >= 0.6 is 0 Å². The zero-order chi connectivity index (χ0) is 13.7. The van der Waals surface area contributed by atoms with Crippen LogP contribution in [0.5, 0.6) is 5.75 Å². The first-order valence-corrected chi connectivity index (χ1v) is 7.11. The van der Waals surface area contributed by atoms with Gasteiger partial charge in [0.15, 0.2) is 0 Å². The molecular formula is C15H25N3O. The summed E-state index contributed by atoms with van der Waals surface area (Å²) < 4.78 is 0. The summed E-state index contributed by atoms with van der Waals surface area (Å²) in [6.07, 6.45) is 2.15. The lowest BCUT2D eigenvalue weighted by molar-refractivity contribution is 0.0883. The number of phenols is 1. The van der Waals surface area contributed by atoms with Crippen molar-refractivity contribution in [3.63, 3.8) is 0 Å². The molecule has 1 aliphatic rings. The van der Waals surface area contributed by atoms with Gasteiger partial charge in [-0.1, -0.05) is 12.1 Å². The summed E-state index contributed by atoms with van der Waals surface area (Å²) in [5.74, 6) is 0.340. The van der Waals surface area contributed by atoms with Gasteiger partial charge in [0.05, 0.1) is 0 Å². The Morgan fingerprint density at radius 3 is 2.42 bits per heavy atom. The second-order valence-electron chi connectivity index (χ2n) is 5.53. The van der Waals surface area contributed by atoms with Gasteiger partial charge in [-0.3, -0.25) is 5.43 Å². The van der Waals surface area contributed by atoms with Gasteiger partial charge in [0.1, 0.15) is 5.75 Å². The smallest absolute Gasteiger partial charge is 0.115 e. The third kappa shape index (κ3) is 4.82. The largest absolute Gasteiger partial charge is 0.508 e. The number of nitrogens with one attached hydrogen (secondary N) is 1. The minimum absolute atomic E-state index is 0.340. The number of hydrogen-bond donors (Lipinski definition) is 2. The van der Waals surface area contributed by atoms with Gasteiger partial charge in [-0.15, -0.1) is 0 Å². The number of hydrazine groups is 1. The first kappa shape index (κ1) is 14.3. The minimum atomic E-state index is 0.340. The van der Waals surface area contributed by atoms with E-state index in [1.165, 1.54) is 5.56 Å². The molecule has 4 heteroatoms. The van der Waals surface area contributed by atoms with Crippen LogP contribution in [0.4, 0.5) is 0 Å². The van der Waals surface area contributed by atoms with Gasteiger partial charge in [0.2, 0.25) is 0 Å². The van der Waals surface area contributed by atoms with E-state index < -0.39 is 0 Å². The van der Waals surface area contributed by atoms with Crippen molar-refractivity contribution < 1.29 is 5.11 Å². The maximum absolute atomic E-state index is 9.25. The van der Waals surface area contributed by atoms with Crippen molar-refractivity contribution in [2.75, 3.05) is 33.2 Å². The first-order valence-electron chi connectivity index (χ1n) is 7.11. The van der Waals surface area contributed by atoms with E-state index in [4.69, 9.17) is 0 Å². The van der Waals surface area contributed by atoms with Crippen LogP contribution in [0.1, 0.15) is 18.9 Å². The number of hydrogen-bond acceptors (Lipinski definition) is 4. The van der Waals surface area contributed by atoms with Crippen LogP contribution in [0, 0.1) is 0 Å². The van der Waals surface area contributed by atoms with Crippen molar-refractivity contribution >= 4 is 0 Å². The molecule has 0 aromatic heterocycles. The van der Waals surface area contributed by atoms with Gasteiger partial charge in [-0.25, -0.2) is 5.01 Å². The molecular weight excluding hydrogens is 238 g/mol. The molecule has 0 radical (unpaired) electrons. The molecule has 1 aliphatic heterocycles. The van der Waals surface area contributed by atoms with Crippen molar-refractivity contribution in [3.8, 4) is 5.75 Å². The predicted molar refractivity (Wildman–Crippen MR) is 78.1 cm³/mol. The molecule has 0 spiro atoms. The average Bonchev–Trinajstić information content (AvgIpc) is 2.41.